The van der Waals surface area contributed by atoms with Gasteiger partial charge in [0.05, 0.1) is 0 Å². The molecule has 0 amide bonds. The molecular formula is C14H22N2. The summed E-state index contributed by atoms with van der Waals surface area (Å²) in [4.78, 5) is 4.18. The predicted molar refractivity (Wildman–Crippen MR) is 67.1 cm³/mol. The Morgan fingerprint density at radius 3 is 2.75 bits per heavy atom. The summed E-state index contributed by atoms with van der Waals surface area (Å²) in [6.07, 6.45) is 11.9. The van der Waals surface area contributed by atoms with Crippen molar-refractivity contribution in [3.63, 3.8) is 0 Å². The summed E-state index contributed by atoms with van der Waals surface area (Å²) < 4.78 is 0. The first kappa shape index (κ1) is 11.6. The van der Waals surface area contributed by atoms with E-state index in [9.17, 15) is 0 Å². The zero-order chi connectivity index (χ0) is 11.2. The van der Waals surface area contributed by atoms with Crippen LogP contribution in [0, 0.1) is 11.8 Å². The van der Waals surface area contributed by atoms with Crippen LogP contribution in [0.1, 0.15) is 37.7 Å². The van der Waals surface area contributed by atoms with E-state index in [1.807, 2.05) is 18.5 Å². The molecule has 1 aromatic rings. The second-order valence-electron chi connectivity index (χ2n) is 4.96. The first-order valence-electron chi connectivity index (χ1n) is 6.49. The maximum atomic E-state index is 5.93. The van der Waals surface area contributed by atoms with Crippen molar-refractivity contribution in [2.75, 3.05) is 6.54 Å². The number of hydrogen-bond donors (Lipinski definition) is 1. The van der Waals surface area contributed by atoms with E-state index in [1.165, 1.54) is 37.7 Å². The average Bonchev–Trinajstić information content (AvgIpc) is 2.38. The van der Waals surface area contributed by atoms with Gasteiger partial charge in [-0.1, -0.05) is 38.2 Å². The lowest BCUT2D eigenvalue weighted by Gasteiger charge is -2.29. The van der Waals surface area contributed by atoms with Crippen LogP contribution in [-0.4, -0.2) is 11.5 Å². The summed E-state index contributed by atoms with van der Waals surface area (Å²) in [6.45, 7) is 0.819. The van der Waals surface area contributed by atoms with E-state index in [-0.39, 0.29) is 0 Å². The monoisotopic (exact) mass is 218 g/mol. The molecule has 2 heteroatoms. The highest BCUT2D eigenvalue weighted by atomic mass is 14.6. The molecule has 1 heterocycles. The van der Waals surface area contributed by atoms with E-state index in [1.54, 1.807) is 0 Å². The SMILES string of the molecule is NCC(Cc1cccnc1)C1CCCCC1. The molecule has 88 valence electrons. The molecule has 1 aliphatic carbocycles. The van der Waals surface area contributed by atoms with E-state index in [2.05, 4.69) is 11.1 Å². The van der Waals surface area contributed by atoms with E-state index in [4.69, 9.17) is 5.73 Å². The molecule has 0 aromatic carbocycles. The first-order valence-corrected chi connectivity index (χ1v) is 6.49. The average molecular weight is 218 g/mol. The van der Waals surface area contributed by atoms with Gasteiger partial charge in [0.1, 0.15) is 0 Å². The van der Waals surface area contributed by atoms with Gasteiger partial charge in [0.25, 0.3) is 0 Å². The lowest BCUT2D eigenvalue weighted by molar-refractivity contribution is 0.251. The molecule has 2 N–H and O–H groups in total. The summed E-state index contributed by atoms with van der Waals surface area (Å²) in [6, 6.07) is 4.18. The van der Waals surface area contributed by atoms with Gasteiger partial charge < -0.3 is 5.73 Å². The van der Waals surface area contributed by atoms with Crippen LogP contribution in [0.25, 0.3) is 0 Å². The zero-order valence-electron chi connectivity index (χ0n) is 9.94. The van der Waals surface area contributed by atoms with E-state index < -0.39 is 0 Å². The van der Waals surface area contributed by atoms with Crippen LogP contribution >= 0.6 is 0 Å². The third kappa shape index (κ3) is 3.05. The van der Waals surface area contributed by atoms with Crippen molar-refractivity contribution in [1.82, 2.24) is 4.98 Å². The van der Waals surface area contributed by atoms with Gasteiger partial charge in [0.2, 0.25) is 0 Å². The minimum atomic E-state index is 0.657. The van der Waals surface area contributed by atoms with Gasteiger partial charge in [0.15, 0.2) is 0 Å². The van der Waals surface area contributed by atoms with Gasteiger partial charge in [-0.15, -0.1) is 0 Å². The van der Waals surface area contributed by atoms with Crippen molar-refractivity contribution >= 4 is 0 Å². The van der Waals surface area contributed by atoms with E-state index in [0.717, 1.165) is 18.9 Å². The highest BCUT2D eigenvalue weighted by Crippen LogP contribution is 2.31. The Morgan fingerprint density at radius 1 is 1.31 bits per heavy atom. The Kier molecular flexibility index (Phi) is 4.34. The highest BCUT2D eigenvalue weighted by molar-refractivity contribution is 5.09. The molecule has 1 aliphatic rings. The Hall–Kier alpha value is -0.890. The van der Waals surface area contributed by atoms with Crippen LogP contribution < -0.4 is 5.73 Å². The molecule has 0 saturated heterocycles. The molecule has 2 rings (SSSR count). The minimum absolute atomic E-state index is 0.657. The fraction of sp³-hybridized carbons (Fsp3) is 0.643. The molecule has 2 nitrogen and oxygen atoms in total. The fourth-order valence-electron chi connectivity index (χ4n) is 2.87. The molecule has 0 spiro atoms. The van der Waals surface area contributed by atoms with Gasteiger partial charge in [-0.2, -0.15) is 0 Å². The van der Waals surface area contributed by atoms with Gasteiger partial charge in [-0.25, -0.2) is 0 Å². The molecule has 1 atom stereocenters. The van der Waals surface area contributed by atoms with Crippen molar-refractivity contribution in [2.24, 2.45) is 17.6 Å². The quantitative estimate of drug-likeness (QED) is 0.844. The molecule has 1 saturated carbocycles. The summed E-state index contributed by atoms with van der Waals surface area (Å²) in [5.41, 5.74) is 7.27. The normalized spacial score (nSPS) is 19.6. The van der Waals surface area contributed by atoms with Crippen LogP contribution in [0.15, 0.2) is 24.5 Å². The number of pyridine rings is 1. The topological polar surface area (TPSA) is 38.9 Å². The van der Waals surface area contributed by atoms with Crippen LogP contribution in [0.3, 0.4) is 0 Å². The number of aromatic nitrogens is 1. The minimum Gasteiger partial charge on any atom is -0.330 e. The van der Waals surface area contributed by atoms with E-state index in [0.29, 0.717) is 5.92 Å². The third-order valence-corrected chi connectivity index (χ3v) is 3.84. The summed E-state index contributed by atoms with van der Waals surface area (Å²) in [7, 11) is 0. The van der Waals surface area contributed by atoms with Gasteiger partial charge in [-0.05, 0) is 36.4 Å². The smallest absolute Gasteiger partial charge is 0.0299 e. The van der Waals surface area contributed by atoms with Crippen molar-refractivity contribution < 1.29 is 0 Å². The van der Waals surface area contributed by atoms with E-state index >= 15 is 0 Å². The van der Waals surface area contributed by atoms with Crippen LogP contribution in [0.5, 0.6) is 0 Å². The molecule has 0 bridgehead atoms. The maximum absolute atomic E-state index is 5.93. The maximum Gasteiger partial charge on any atom is 0.0299 e. The lowest BCUT2D eigenvalue weighted by Crippen LogP contribution is -2.27. The highest BCUT2D eigenvalue weighted by Gasteiger charge is 2.22. The van der Waals surface area contributed by atoms with Gasteiger partial charge >= 0.3 is 0 Å². The van der Waals surface area contributed by atoms with Gasteiger partial charge in [-0.3, -0.25) is 4.98 Å². The Balaban J connectivity index is 1.94. The largest absolute Gasteiger partial charge is 0.330 e. The standard InChI is InChI=1S/C14H22N2/c15-10-14(13-6-2-1-3-7-13)9-12-5-4-8-16-11-12/h4-5,8,11,13-14H,1-3,6-7,9-10,15H2. The van der Waals surface area contributed by atoms with Crippen molar-refractivity contribution in [1.29, 1.82) is 0 Å². The second kappa shape index (κ2) is 6.00. The molecule has 1 aromatic heterocycles. The van der Waals surface area contributed by atoms with Crippen molar-refractivity contribution in [2.45, 2.75) is 38.5 Å². The Morgan fingerprint density at radius 2 is 2.12 bits per heavy atom. The number of hydrogen-bond acceptors (Lipinski definition) is 2. The molecule has 1 fully saturated rings. The fourth-order valence-corrected chi connectivity index (χ4v) is 2.87. The second-order valence-corrected chi connectivity index (χ2v) is 4.96. The van der Waals surface area contributed by atoms with Crippen LogP contribution in [-0.2, 0) is 6.42 Å². The van der Waals surface area contributed by atoms with Gasteiger partial charge in [0, 0.05) is 12.4 Å². The molecule has 0 radical (unpaired) electrons. The predicted octanol–water partition coefficient (Wildman–Crippen LogP) is 2.78. The van der Waals surface area contributed by atoms with Crippen LogP contribution in [0.2, 0.25) is 0 Å². The Bertz CT molecular complexity index is 291. The summed E-state index contributed by atoms with van der Waals surface area (Å²) in [5, 5.41) is 0. The number of nitrogens with zero attached hydrogens (tertiary/aromatic N) is 1. The Labute approximate surface area is 98.3 Å². The number of nitrogens with two attached hydrogens (primary N) is 1. The molecule has 1 unspecified atom stereocenters. The molecule has 0 aliphatic heterocycles. The summed E-state index contributed by atoms with van der Waals surface area (Å²) >= 11 is 0. The zero-order valence-corrected chi connectivity index (χ0v) is 9.94. The molecule has 16 heavy (non-hydrogen) atoms. The van der Waals surface area contributed by atoms with Crippen LogP contribution in [0.4, 0.5) is 0 Å². The summed E-state index contributed by atoms with van der Waals surface area (Å²) in [5.74, 6) is 1.50. The van der Waals surface area contributed by atoms with Crippen molar-refractivity contribution in [3.8, 4) is 0 Å². The lowest BCUT2D eigenvalue weighted by atomic mass is 9.77. The molecular weight excluding hydrogens is 196 g/mol. The number of rotatable bonds is 4. The first-order chi connectivity index (χ1) is 7.90. The van der Waals surface area contributed by atoms with Crippen molar-refractivity contribution in [3.05, 3.63) is 30.1 Å². The third-order valence-electron chi connectivity index (χ3n) is 3.84.